The number of aryl methyl sites for hydroxylation is 1. The Bertz CT molecular complexity index is 470. The molecule has 0 aliphatic carbocycles. The Balaban J connectivity index is 3.21. The molecular formula is C9H10BrFO3S. The molecule has 0 aromatic heterocycles. The van der Waals surface area contributed by atoms with Crippen LogP contribution >= 0.6 is 15.9 Å². The fourth-order valence-corrected chi connectivity index (χ4v) is 2.47. The Kier molecular flexibility index (Phi) is 3.86. The van der Waals surface area contributed by atoms with E-state index in [0.717, 1.165) is 7.11 Å². The van der Waals surface area contributed by atoms with Crippen molar-refractivity contribution in [2.45, 2.75) is 12.7 Å². The molecule has 3 nitrogen and oxygen atoms in total. The van der Waals surface area contributed by atoms with Gasteiger partial charge in [0.15, 0.2) is 0 Å². The van der Waals surface area contributed by atoms with Crippen molar-refractivity contribution in [1.29, 1.82) is 0 Å². The molecule has 0 heterocycles. The molecular weight excluding hydrogens is 287 g/mol. The lowest BCUT2D eigenvalue weighted by Gasteiger charge is -2.07. The van der Waals surface area contributed by atoms with Gasteiger partial charge in [0.25, 0.3) is 10.1 Å². The van der Waals surface area contributed by atoms with Crippen molar-refractivity contribution >= 4 is 26.0 Å². The van der Waals surface area contributed by atoms with E-state index in [1.165, 1.54) is 0 Å². The molecule has 0 saturated heterocycles. The highest BCUT2D eigenvalue weighted by Crippen LogP contribution is 2.24. The lowest BCUT2D eigenvalue weighted by Crippen LogP contribution is -2.08. The van der Waals surface area contributed by atoms with Crippen LogP contribution in [-0.2, 0) is 20.1 Å². The van der Waals surface area contributed by atoms with Gasteiger partial charge < -0.3 is 0 Å². The summed E-state index contributed by atoms with van der Waals surface area (Å²) in [5.74, 6) is -0.998. The Labute approximate surface area is 96.5 Å². The highest BCUT2D eigenvalue weighted by molar-refractivity contribution is 9.10. The van der Waals surface area contributed by atoms with Crippen LogP contribution in [0.3, 0.4) is 0 Å². The summed E-state index contributed by atoms with van der Waals surface area (Å²) in [5, 5.41) is 0. The molecule has 0 unspecified atom stereocenters. The minimum absolute atomic E-state index is 0.0943. The smallest absolute Gasteiger partial charge is 0.271 e. The molecule has 6 heteroatoms. The summed E-state index contributed by atoms with van der Waals surface area (Å²) in [5.41, 5.74) is 0.497. The van der Waals surface area contributed by atoms with Gasteiger partial charge in [-0.3, -0.25) is 4.18 Å². The van der Waals surface area contributed by atoms with E-state index in [2.05, 4.69) is 20.1 Å². The summed E-state index contributed by atoms with van der Waals surface area (Å²) in [6.45, 7) is 1.57. The molecule has 1 aromatic rings. The van der Waals surface area contributed by atoms with Gasteiger partial charge in [0.1, 0.15) is 11.6 Å². The summed E-state index contributed by atoms with van der Waals surface area (Å²) in [6, 6.07) is 3.18. The zero-order valence-electron chi connectivity index (χ0n) is 8.25. The van der Waals surface area contributed by atoms with Crippen LogP contribution in [0.1, 0.15) is 11.1 Å². The predicted octanol–water partition coefficient (Wildman–Crippen LogP) is 2.37. The van der Waals surface area contributed by atoms with Gasteiger partial charge in [-0.2, -0.15) is 8.42 Å². The summed E-state index contributed by atoms with van der Waals surface area (Å²) in [4.78, 5) is 0. The first-order valence-corrected chi connectivity index (χ1v) is 6.46. The number of hydrogen-bond donors (Lipinski definition) is 0. The van der Waals surface area contributed by atoms with Crippen LogP contribution in [0, 0.1) is 12.7 Å². The topological polar surface area (TPSA) is 43.4 Å². The van der Waals surface area contributed by atoms with Crippen molar-refractivity contribution < 1.29 is 17.0 Å². The normalized spacial score (nSPS) is 11.7. The molecule has 0 saturated carbocycles. The third-order valence-electron chi connectivity index (χ3n) is 1.95. The van der Waals surface area contributed by atoms with Crippen molar-refractivity contribution in [3.63, 3.8) is 0 Å². The standard InChI is InChI=1S/C9H10BrFO3S/c1-6-3-4-8(10)7(9(6)11)5-15(12,13)14-2/h3-4H,5H2,1-2H3. The van der Waals surface area contributed by atoms with Crippen molar-refractivity contribution in [1.82, 2.24) is 0 Å². The highest BCUT2D eigenvalue weighted by Gasteiger charge is 2.17. The molecule has 15 heavy (non-hydrogen) atoms. The van der Waals surface area contributed by atoms with Crippen LogP contribution < -0.4 is 0 Å². The third-order valence-corrected chi connectivity index (χ3v) is 3.85. The number of hydrogen-bond acceptors (Lipinski definition) is 3. The lowest BCUT2D eigenvalue weighted by molar-refractivity contribution is 0.396. The Morgan fingerprint density at radius 1 is 1.47 bits per heavy atom. The van der Waals surface area contributed by atoms with Gasteiger partial charge in [-0.25, -0.2) is 4.39 Å². The van der Waals surface area contributed by atoms with E-state index in [4.69, 9.17) is 0 Å². The van der Waals surface area contributed by atoms with E-state index >= 15 is 0 Å². The van der Waals surface area contributed by atoms with Gasteiger partial charge in [-0.15, -0.1) is 0 Å². The second kappa shape index (κ2) is 4.59. The van der Waals surface area contributed by atoms with Crippen molar-refractivity contribution in [2.24, 2.45) is 0 Å². The fraction of sp³-hybridized carbons (Fsp3) is 0.333. The molecule has 0 aliphatic heterocycles. The van der Waals surface area contributed by atoms with E-state index in [-0.39, 0.29) is 5.56 Å². The fourth-order valence-electron chi connectivity index (χ4n) is 1.08. The van der Waals surface area contributed by atoms with E-state index in [1.54, 1.807) is 19.1 Å². The van der Waals surface area contributed by atoms with E-state index in [9.17, 15) is 12.8 Å². The summed E-state index contributed by atoms with van der Waals surface area (Å²) < 4.78 is 40.6. The first-order valence-electron chi connectivity index (χ1n) is 4.09. The van der Waals surface area contributed by atoms with Gasteiger partial charge in [-0.05, 0) is 18.6 Å². The van der Waals surface area contributed by atoms with Gasteiger partial charge in [0.05, 0.1) is 7.11 Å². The number of rotatable bonds is 3. The molecule has 1 aromatic carbocycles. The van der Waals surface area contributed by atoms with Crippen molar-refractivity contribution in [3.8, 4) is 0 Å². The molecule has 0 amide bonds. The Hall–Kier alpha value is -0.460. The molecule has 0 N–H and O–H groups in total. The quantitative estimate of drug-likeness (QED) is 0.805. The predicted molar refractivity (Wildman–Crippen MR) is 58.5 cm³/mol. The van der Waals surface area contributed by atoms with E-state index < -0.39 is 21.7 Å². The second-order valence-corrected chi connectivity index (χ2v) is 5.62. The molecule has 84 valence electrons. The van der Waals surface area contributed by atoms with Crippen LogP contribution in [-0.4, -0.2) is 15.5 Å². The molecule has 0 radical (unpaired) electrons. The maximum Gasteiger partial charge on any atom is 0.271 e. The van der Waals surface area contributed by atoms with Crippen LogP contribution in [0.4, 0.5) is 4.39 Å². The maximum absolute atomic E-state index is 13.6. The average molecular weight is 297 g/mol. The first kappa shape index (κ1) is 12.6. The van der Waals surface area contributed by atoms with Crippen LogP contribution in [0.25, 0.3) is 0 Å². The first-order chi connectivity index (χ1) is 6.87. The summed E-state index contributed by atoms with van der Waals surface area (Å²) in [6.07, 6.45) is 0. The third kappa shape index (κ3) is 2.99. The van der Waals surface area contributed by atoms with Crippen molar-refractivity contribution in [2.75, 3.05) is 7.11 Å². The van der Waals surface area contributed by atoms with Gasteiger partial charge in [-0.1, -0.05) is 22.0 Å². The molecule has 0 aliphatic rings. The summed E-state index contributed by atoms with van der Waals surface area (Å²) >= 11 is 3.10. The average Bonchev–Trinajstić information content (AvgIpc) is 2.19. The number of halogens is 2. The largest absolute Gasteiger partial charge is 0.273 e. The zero-order valence-corrected chi connectivity index (χ0v) is 10.7. The molecule has 0 atom stereocenters. The zero-order chi connectivity index (χ0) is 11.6. The van der Waals surface area contributed by atoms with E-state index in [0.29, 0.717) is 10.0 Å². The van der Waals surface area contributed by atoms with Crippen LogP contribution in [0.2, 0.25) is 0 Å². The Morgan fingerprint density at radius 3 is 2.60 bits per heavy atom. The SMILES string of the molecule is COS(=O)(=O)Cc1c(Br)ccc(C)c1F. The van der Waals surface area contributed by atoms with Gasteiger partial charge in [0.2, 0.25) is 0 Å². The van der Waals surface area contributed by atoms with Crippen molar-refractivity contribution in [3.05, 3.63) is 33.5 Å². The van der Waals surface area contributed by atoms with Crippen LogP contribution in [0.15, 0.2) is 16.6 Å². The molecule has 0 fully saturated rings. The minimum atomic E-state index is -3.70. The van der Waals surface area contributed by atoms with E-state index in [1.807, 2.05) is 0 Å². The monoisotopic (exact) mass is 296 g/mol. The Morgan fingerprint density at radius 2 is 2.07 bits per heavy atom. The maximum atomic E-state index is 13.6. The highest BCUT2D eigenvalue weighted by atomic mass is 79.9. The summed E-state index contributed by atoms with van der Waals surface area (Å²) in [7, 11) is -2.65. The lowest BCUT2D eigenvalue weighted by atomic mass is 10.1. The van der Waals surface area contributed by atoms with Crippen LogP contribution in [0.5, 0.6) is 0 Å². The molecule has 0 bridgehead atoms. The number of benzene rings is 1. The van der Waals surface area contributed by atoms with Gasteiger partial charge >= 0.3 is 0 Å². The molecule has 1 rings (SSSR count). The minimum Gasteiger partial charge on any atom is -0.273 e. The molecule has 0 spiro atoms. The second-order valence-electron chi connectivity index (χ2n) is 3.03. The van der Waals surface area contributed by atoms with Gasteiger partial charge in [0, 0.05) is 10.0 Å².